The van der Waals surface area contributed by atoms with Gasteiger partial charge in [0, 0.05) is 30.4 Å². The summed E-state index contributed by atoms with van der Waals surface area (Å²) in [6, 6.07) is 5.82. The topological polar surface area (TPSA) is 54.0 Å². The minimum Gasteiger partial charge on any atom is -0.488 e. The van der Waals surface area contributed by atoms with Crippen LogP contribution < -0.4 is 4.74 Å². The van der Waals surface area contributed by atoms with E-state index in [0.29, 0.717) is 17.9 Å². The van der Waals surface area contributed by atoms with Crippen molar-refractivity contribution in [3.8, 4) is 5.75 Å². The van der Waals surface area contributed by atoms with Crippen LogP contribution in [0.5, 0.6) is 5.75 Å². The molecule has 0 N–H and O–H groups in total. The minimum atomic E-state index is -1.97. The van der Waals surface area contributed by atoms with E-state index in [9.17, 15) is 4.79 Å². The number of carbonyl (C=O) groups excluding carboxylic acids is 1. The van der Waals surface area contributed by atoms with E-state index in [1.165, 1.54) is 7.11 Å². The molecule has 33 heavy (non-hydrogen) atoms. The van der Waals surface area contributed by atoms with E-state index in [4.69, 9.17) is 18.3 Å². The molecule has 4 atom stereocenters. The molecular weight excluding hydrogens is 448 g/mol. The van der Waals surface area contributed by atoms with Gasteiger partial charge in [0.1, 0.15) is 17.4 Å². The van der Waals surface area contributed by atoms with Crippen molar-refractivity contribution in [1.29, 1.82) is 0 Å². The number of ether oxygens (including phenoxy) is 2. The van der Waals surface area contributed by atoms with Gasteiger partial charge in [0.15, 0.2) is 16.6 Å². The van der Waals surface area contributed by atoms with Gasteiger partial charge in [-0.05, 0) is 42.3 Å². The van der Waals surface area contributed by atoms with E-state index in [2.05, 4.69) is 73.8 Å². The highest BCUT2D eigenvalue weighted by Gasteiger charge is 2.54. The molecule has 0 bridgehead atoms. The van der Waals surface area contributed by atoms with Crippen LogP contribution in [0.2, 0.25) is 36.3 Å². The zero-order valence-electron chi connectivity index (χ0n) is 22.5. The van der Waals surface area contributed by atoms with Crippen LogP contribution in [-0.2, 0) is 13.6 Å². The van der Waals surface area contributed by atoms with Crippen molar-refractivity contribution >= 4 is 22.6 Å². The van der Waals surface area contributed by atoms with E-state index < -0.39 is 16.6 Å². The molecule has 1 aliphatic carbocycles. The first kappa shape index (κ1) is 26.4. The van der Waals surface area contributed by atoms with E-state index >= 15 is 0 Å². The van der Waals surface area contributed by atoms with Crippen LogP contribution in [-0.4, -0.2) is 48.5 Å². The summed E-state index contributed by atoms with van der Waals surface area (Å²) < 4.78 is 25.2. The molecule has 0 aromatic heterocycles. The molecule has 1 aromatic carbocycles. The summed E-state index contributed by atoms with van der Waals surface area (Å²) >= 11 is 0. The first-order valence-electron chi connectivity index (χ1n) is 12.2. The van der Waals surface area contributed by atoms with Crippen LogP contribution in [0.4, 0.5) is 0 Å². The lowest BCUT2D eigenvalue weighted by Crippen LogP contribution is -2.47. The number of carbonyl (C=O) groups is 1. The van der Waals surface area contributed by atoms with Crippen molar-refractivity contribution in [1.82, 2.24) is 0 Å². The summed E-state index contributed by atoms with van der Waals surface area (Å²) in [5.74, 6) is 0.675. The lowest BCUT2D eigenvalue weighted by Gasteiger charge is -2.42. The number of methoxy groups -OCH3 is 1. The van der Waals surface area contributed by atoms with E-state index in [1.54, 1.807) is 6.07 Å². The number of fused-ring (bicyclic) bond motifs is 3. The molecule has 1 saturated carbocycles. The third kappa shape index (κ3) is 4.97. The first-order chi connectivity index (χ1) is 15.0. The highest BCUT2D eigenvalue weighted by Crippen LogP contribution is 2.54. The Morgan fingerprint density at radius 2 is 1.64 bits per heavy atom. The van der Waals surface area contributed by atoms with Crippen LogP contribution >= 0.6 is 0 Å². The second-order valence-corrected chi connectivity index (χ2v) is 22.4. The lowest BCUT2D eigenvalue weighted by molar-refractivity contribution is 0.0594. The predicted octanol–water partition coefficient (Wildman–Crippen LogP) is 6.75. The lowest BCUT2D eigenvalue weighted by atomic mass is 9.88. The van der Waals surface area contributed by atoms with Crippen LogP contribution in [0.1, 0.15) is 69.8 Å². The molecule has 1 heterocycles. The normalized spacial score (nSPS) is 25.4. The number of esters is 1. The van der Waals surface area contributed by atoms with E-state index in [0.717, 1.165) is 12.0 Å². The molecule has 1 aromatic rings. The molecule has 7 heteroatoms. The number of hydrogen-bond acceptors (Lipinski definition) is 5. The monoisotopic (exact) mass is 492 g/mol. The number of para-hydroxylation sites is 1. The Kier molecular flexibility index (Phi) is 7.06. The van der Waals surface area contributed by atoms with Gasteiger partial charge in [0.2, 0.25) is 0 Å². The Balaban J connectivity index is 1.96. The molecule has 1 fully saturated rings. The summed E-state index contributed by atoms with van der Waals surface area (Å²) in [6.45, 7) is 23.6. The highest BCUT2D eigenvalue weighted by molar-refractivity contribution is 6.74. The SMILES string of the molecule is COC(=O)c1cccc2c1O[C@H]1CC(O[Si](C)(C)C(C)(C)C)[C@H](CO[Si](C)(C)C(C)(C)C)[C@@H]21. The quantitative estimate of drug-likeness (QED) is 0.325. The molecule has 0 spiro atoms. The third-order valence-electron chi connectivity index (χ3n) is 8.58. The Labute approximate surface area is 202 Å². The van der Waals surface area contributed by atoms with Crippen LogP contribution in [0.25, 0.3) is 0 Å². The first-order valence-corrected chi connectivity index (χ1v) is 18.0. The van der Waals surface area contributed by atoms with Gasteiger partial charge in [-0.3, -0.25) is 0 Å². The standard InChI is InChI=1S/C26H44O5Si2/c1-25(2,3)32(8,9)29-16-19-20(31-33(10,11)26(4,5)6)15-21-22(19)17-13-12-14-18(23(17)30-21)24(27)28-7/h12-14,19-22H,15-16H2,1-11H3/t19-,20?,21-,22+/m0/s1. The molecule has 1 unspecified atom stereocenters. The summed E-state index contributed by atoms with van der Waals surface area (Å²) in [6.07, 6.45) is 0.895. The third-order valence-corrected chi connectivity index (χ3v) is 17.6. The molecule has 186 valence electrons. The van der Waals surface area contributed by atoms with Gasteiger partial charge >= 0.3 is 5.97 Å². The average molecular weight is 493 g/mol. The maximum Gasteiger partial charge on any atom is 0.341 e. The van der Waals surface area contributed by atoms with Crippen molar-refractivity contribution in [3.63, 3.8) is 0 Å². The van der Waals surface area contributed by atoms with Gasteiger partial charge in [0.25, 0.3) is 0 Å². The Hall–Kier alpha value is -1.16. The van der Waals surface area contributed by atoms with Crippen molar-refractivity contribution < 1.29 is 23.1 Å². The zero-order valence-corrected chi connectivity index (χ0v) is 24.5. The van der Waals surface area contributed by atoms with E-state index in [-0.39, 0.29) is 40.1 Å². The summed E-state index contributed by atoms with van der Waals surface area (Å²) in [7, 11) is -2.48. The fourth-order valence-electron chi connectivity index (χ4n) is 4.40. The second kappa shape index (κ2) is 8.81. The molecule has 2 aliphatic rings. The largest absolute Gasteiger partial charge is 0.488 e. The Bertz CT molecular complexity index is 882. The smallest absolute Gasteiger partial charge is 0.341 e. The number of benzene rings is 1. The number of hydrogen-bond donors (Lipinski definition) is 0. The van der Waals surface area contributed by atoms with Gasteiger partial charge in [-0.1, -0.05) is 53.7 Å². The van der Waals surface area contributed by atoms with Gasteiger partial charge < -0.3 is 18.3 Å². The van der Waals surface area contributed by atoms with Crippen molar-refractivity contribution in [2.45, 2.75) is 102 Å². The molecule has 0 saturated heterocycles. The van der Waals surface area contributed by atoms with E-state index in [1.807, 2.05) is 6.07 Å². The van der Waals surface area contributed by atoms with Gasteiger partial charge in [-0.15, -0.1) is 0 Å². The molecular formula is C26H44O5Si2. The highest BCUT2D eigenvalue weighted by atomic mass is 28.4. The maximum absolute atomic E-state index is 12.4. The second-order valence-electron chi connectivity index (χ2n) is 12.8. The predicted molar refractivity (Wildman–Crippen MR) is 138 cm³/mol. The molecule has 1 aliphatic heterocycles. The minimum absolute atomic E-state index is 0.00594. The van der Waals surface area contributed by atoms with Crippen molar-refractivity contribution in [3.05, 3.63) is 29.3 Å². The van der Waals surface area contributed by atoms with Gasteiger partial charge in [-0.2, -0.15) is 0 Å². The summed E-state index contributed by atoms with van der Waals surface area (Å²) in [4.78, 5) is 12.4. The fraction of sp³-hybridized carbons (Fsp3) is 0.731. The molecule has 5 nitrogen and oxygen atoms in total. The Morgan fingerprint density at radius 3 is 2.18 bits per heavy atom. The summed E-state index contributed by atoms with van der Waals surface area (Å²) in [5, 5.41) is 0.273. The Morgan fingerprint density at radius 1 is 1.03 bits per heavy atom. The van der Waals surface area contributed by atoms with Crippen LogP contribution in [0.15, 0.2) is 18.2 Å². The summed E-state index contributed by atoms with van der Waals surface area (Å²) in [5.41, 5.74) is 1.60. The van der Waals surface area contributed by atoms with Gasteiger partial charge in [0.05, 0.1) is 13.2 Å². The van der Waals surface area contributed by atoms with Gasteiger partial charge in [-0.25, -0.2) is 4.79 Å². The average Bonchev–Trinajstić information content (AvgIpc) is 3.19. The fourth-order valence-corrected chi connectivity index (χ4v) is 6.83. The van der Waals surface area contributed by atoms with Crippen molar-refractivity contribution in [2.75, 3.05) is 13.7 Å². The zero-order chi connectivity index (χ0) is 25.0. The number of rotatable bonds is 6. The molecule has 0 radical (unpaired) electrons. The maximum atomic E-state index is 12.4. The van der Waals surface area contributed by atoms with Crippen LogP contribution in [0, 0.1) is 5.92 Å². The van der Waals surface area contributed by atoms with Crippen molar-refractivity contribution in [2.24, 2.45) is 5.92 Å². The molecule has 3 rings (SSSR count). The molecule has 0 amide bonds. The van der Waals surface area contributed by atoms with Crippen LogP contribution in [0.3, 0.4) is 0 Å².